The highest BCUT2D eigenvalue weighted by atomic mass is 32.1. The summed E-state index contributed by atoms with van der Waals surface area (Å²) in [5, 5.41) is 1.07. The van der Waals surface area contributed by atoms with Crippen LogP contribution in [0.2, 0.25) is 0 Å². The second-order valence-corrected chi connectivity index (χ2v) is 7.06. The maximum absolute atomic E-state index is 12.4. The summed E-state index contributed by atoms with van der Waals surface area (Å²) in [5.41, 5.74) is 1.14. The van der Waals surface area contributed by atoms with E-state index in [1.165, 1.54) is 4.88 Å². The number of aromatic nitrogens is 1. The van der Waals surface area contributed by atoms with Crippen LogP contribution in [0.4, 0.5) is 0 Å². The Hall–Kier alpha value is -2.08. The van der Waals surface area contributed by atoms with Crippen LogP contribution >= 0.6 is 11.3 Å². The lowest BCUT2D eigenvalue weighted by molar-refractivity contribution is -0.134. The molecule has 1 amide bonds. The smallest absolute Gasteiger partial charge is 0.260 e. The number of nitrogens with zero attached hydrogens (tertiary/aromatic N) is 2. The standard InChI is InChI=1S/C18H22N2O3S/c1-3-10-22-14-4-6-15(7-5-14)23-12-18(21)20-9-8-16-17(11-20)24-13(2)19-16/h4-7H,3,8-12H2,1-2H3. The summed E-state index contributed by atoms with van der Waals surface area (Å²) in [6.07, 6.45) is 1.80. The number of aryl methyl sites for hydroxylation is 1. The fourth-order valence-electron chi connectivity index (χ4n) is 2.63. The average Bonchev–Trinajstić information content (AvgIpc) is 2.97. The molecule has 0 saturated heterocycles. The Labute approximate surface area is 146 Å². The van der Waals surface area contributed by atoms with Crippen molar-refractivity contribution in [1.29, 1.82) is 0 Å². The van der Waals surface area contributed by atoms with E-state index in [-0.39, 0.29) is 12.5 Å². The molecule has 0 N–H and O–H groups in total. The zero-order chi connectivity index (χ0) is 16.9. The molecule has 1 aromatic carbocycles. The Balaban J connectivity index is 1.50. The highest BCUT2D eigenvalue weighted by Crippen LogP contribution is 2.25. The number of rotatable bonds is 6. The van der Waals surface area contributed by atoms with Crippen LogP contribution in [-0.4, -0.2) is 35.5 Å². The van der Waals surface area contributed by atoms with E-state index in [0.29, 0.717) is 25.4 Å². The van der Waals surface area contributed by atoms with E-state index in [2.05, 4.69) is 11.9 Å². The van der Waals surface area contributed by atoms with Crippen molar-refractivity contribution in [2.24, 2.45) is 0 Å². The van der Waals surface area contributed by atoms with E-state index in [1.807, 2.05) is 36.1 Å². The molecular formula is C18H22N2O3S. The van der Waals surface area contributed by atoms with Gasteiger partial charge in [-0.1, -0.05) is 6.92 Å². The minimum Gasteiger partial charge on any atom is -0.494 e. The fourth-order valence-corrected chi connectivity index (χ4v) is 3.62. The summed E-state index contributed by atoms with van der Waals surface area (Å²) < 4.78 is 11.1. The van der Waals surface area contributed by atoms with Gasteiger partial charge >= 0.3 is 0 Å². The van der Waals surface area contributed by atoms with Crippen LogP contribution in [-0.2, 0) is 17.8 Å². The zero-order valence-corrected chi connectivity index (χ0v) is 14.9. The zero-order valence-electron chi connectivity index (χ0n) is 14.1. The maximum Gasteiger partial charge on any atom is 0.260 e. The molecule has 2 heterocycles. The molecule has 6 heteroatoms. The normalized spacial score (nSPS) is 13.5. The molecule has 2 aromatic rings. The van der Waals surface area contributed by atoms with Gasteiger partial charge in [-0.15, -0.1) is 11.3 Å². The number of benzene rings is 1. The highest BCUT2D eigenvalue weighted by Gasteiger charge is 2.23. The van der Waals surface area contributed by atoms with Gasteiger partial charge in [0.15, 0.2) is 6.61 Å². The predicted molar refractivity (Wildman–Crippen MR) is 93.7 cm³/mol. The highest BCUT2D eigenvalue weighted by molar-refractivity contribution is 7.11. The van der Waals surface area contributed by atoms with Crippen LogP contribution in [0.1, 0.15) is 28.9 Å². The Kier molecular flexibility index (Phi) is 5.35. The molecule has 1 aliphatic rings. The van der Waals surface area contributed by atoms with Gasteiger partial charge in [-0.25, -0.2) is 4.98 Å². The monoisotopic (exact) mass is 346 g/mol. The lowest BCUT2D eigenvalue weighted by Gasteiger charge is -2.26. The number of ether oxygens (including phenoxy) is 2. The van der Waals surface area contributed by atoms with Crippen molar-refractivity contribution in [3.8, 4) is 11.5 Å². The second-order valence-electron chi connectivity index (χ2n) is 5.78. The first-order chi connectivity index (χ1) is 11.7. The fraction of sp³-hybridized carbons (Fsp3) is 0.444. The maximum atomic E-state index is 12.4. The van der Waals surface area contributed by atoms with Crippen LogP contribution < -0.4 is 9.47 Å². The number of hydrogen-bond donors (Lipinski definition) is 0. The third kappa shape index (κ3) is 4.06. The number of amides is 1. The summed E-state index contributed by atoms with van der Waals surface area (Å²) >= 11 is 1.67. The lowest BCUT2D eigenvalue weighted by atomic mass is 10.2. The molecule has 0 atom stereocenters. The SMILES string of the molecule is CCCOc1ccc(OCC(=O)N2CCc3nc(C)sc3C2)cc1. The molecule has 0 radical (unpaired) electrons. The van der Waals surface area contributed by atoms with Crippen molar-refractivity contribution in [3.05, 3.63) is 39.8 Å². The summed E-state index contributed by atoms with van der Waals surface area (Å²) in [5.74, 6) is 1.51. The molecule has 0 saturated carbocycles. The number of fused-ring (bicyclic) bond motifs is 1. The van der Waals surface area contributed by atoms with Gasteiger partial charge in [0.2, 0.25) is 0 Å². The van der Waals surface area contributed by atoms with Gasteiger partial charge in [0, 0.05) is 17.8 Å². The summed E-state index contributed by atoms with van der Waals surface area (Å²) in [6, 6.07) is 7.39. The van der Waals surface area contributed by atoms with E-state index in [4.69, 9.17) is 9.47 Å². The third-order valence-corrected chi connectivity index (χ3v) is 4.85. The van der Waals surface area contributed by atoms with Crippen molar-refractivity contribution in [1.82, 2.24) is 9.88 Å². The molecule has 0 spiro atoms. The molecule has 3 rings (SSSR count). The molecule has 128 valence electrons. The molecule has 1 aliphatic heterocycles. The summed E-state index contributed by atoms with van der Waals surface area (Å²) in [7, 11) is 0. The van der Waals surface area contributed by atoms with Gasteiger partial charge in [0.05, 0.1) is 23.9 Å². The Morgan fingerprint density at radius 1 is 1.25 bits per heavy atom. The topological polar surface area (TPSA) is 51.7 Å². The molecule has 0 aliphatic carbocycles. The molecule has 0 unspecified atom stereocenters. The van der Waals surface area contributed by atoms with Crippen LogP contribution in [0, 0.1) is 6.92 Å². The van der Waals surface area contributed by atoms with E-state index in [0.717, 1.165) is 29.3 Å². The molecule has 0 fully saturated rings. The van der Waals surface area contributed by atoms with Crippen molar-refractivity contribution in [2.45, 2.75) is 33.2 Å². The second kappa shape index (κ2) is 7.66. The van der Waals surface area contributed by atoms with E-state index in [1.54, 1.807) is 11.3 Å². The van der Waals surface area contributed by atoms with E-state index in [9.17, 15) is 4.79 Å². The third-order valence-electron chi connectivity index (χ3n) is 3.85. The van der Waals surface area contributed by atoms with Crippen molar-refractivity contribution in [3.63, 3.8) is 0 Å². The first-order valence-corrected chi connectivity index (χ1v) is 9.06. The first kappa shape index (κ1) is 16.8. The van der Waals surface area contributed by atoms with Crippen molar-refractivity contribution in [2.75, 3.05) is 19.8 Å². The molecule has 5 nitrogen and oxygen atoms in total. The number of thiazole rings is 1. The number of carbonyl (C=O) groups excluding carboxylic acids is 1. The molecule has 24 heavy (non-hydrogen) atoms. The van der Waals surface area contributed by atoms with Crippen LogP contribution in [0.15, 0.2) is 24.3 Å². The molecular weight excluding hydrogens is 324 g/mol. The minimum absolute atomic E-state index is 0.0120. The predicted octanol–water partition coefficient (Wildman–Crippen LogP) is 3.20. The quantitative estimate of drug-likeness (QED) is 0.806. The van der Waals surface area contributed by atoms with Gasteiger partial charge in [-0.05, 0) is 37.6 Å². The van der Waals surface area contributed by atoms with Gasteiger partial charge in [0.1, 0.15) is 11.5 Å². The van der Waals surface area contributed by atoms with Gasteiger partial charge < -0.3 is 14.4 Å². The van der Waals surface area contributed by atoms with Gasteiger partial charge in [-0.2, -0.15) is 0 Å². The van der Waals surface area contributed by atoms with Crippen LogP contribution in [0.25, 0.3) is 0 Å². The molecule has 0 bridgehead atoms. The van der Waals surface area contributed by atoms with E-state index >= 15 is 0 Å². The summed E-state index contributed by atoms with van der Waals surface area (Å²) in [4.78, 5) is 19.9. The van der Waals surface area contributed by atoms with E-state index < -0.39 is 0 Å². The number of carbonyl (C=O) groups is 1. The van der Waals surface area contributed by atoms with Crippen LogP contribution in [0.3, 0.4) is 0 Å². The minimum atomic E-state index is 0.0120. The first-order valence-electron chi connectivity index (χ1n) is 8.24. The van der Waals surface area contributed by atoms with Crippen molar-refractivity contribution >= 4 is 17.2 Å². The largest absolute Gasteiger partial charge is 0.494 e. The van der Waals surface area contributed by atoms with Gasteiger partial charge in [-0.3, -0.25) is 4.79 Å². The van der Waals surface area contributed by atoms with Crippen molar-refractivity contribution < 1.29 is 14.3 Å². The number of hydrogen-bond acceptors (Lipinski definition) is 5. The Morgan fingerprint density at radius 3 is 2.67 bits per heavy atom. The summed E-state index contributed by atoms with van der Waals surface area (Å²) in [6.45, 7) is 6.19. The lowest BCUT2D eigenvalue weighted by Crippen LogP contribution is -2.38. The Bertz CT molecular complexity index is 697. The van der Waals surface area contributed by atoms with Crippen LogP contribution in [0.5, 0.6) is 11.5 Å². The molecule has 1 aromatic heterocycles. The average molecular weight is 346 g/mol. The Morgan fingerprint density at radius 2 is 1.96 bits per heavy atom. The van der Waals surface area contributed by atoms with Gasteiger partial charge in [0.25, 0.3) is 5.91 Å².